The Kier molecular flexibility index (Phi) is 1.64. The second-order valence-corrected chi connectivity index (χ2v) is 10.7. The van der Waals surface area contributed by atoms with E-state index in [-0.39, 0.29) is 0 Å². The Bertz CT molecular complexity index is 1160. The highest BCUT2D eigenvalue weighted by atomic mass is 28.4. The monoisotopic (exact) mass is 303 g/mol. The van der Waals surface area contributed by atoms with E-state index in [1.54, 1.807) is 0 Å². The summed E-state index contributed by atoms with van der Waals surface area (Å²) in [7, 11) is -1.90. The summed E-state index contributed by atoms with van der Waals surface area (Å²) in [5.74, 6) is 1.02. The average molecular weight is 303 g/mol. The Morgan fingerprint density at radius 1 is 1.09 bits per heavy atom. The molecule has 2 aliphatic rings. The largest absolute Gasteiger partial charge is 0.509 e. The molecule has 0 fully saturated rings. The van der Waals surface area contributed by atoms with Crippen molar-refractivity contribution < 1.29 is 8.99 Å². The van der Waals surface area contributed by atoms with Crippen LogP contribution in [0.1, 0.15) is 5.56 Å². The number of aromatic nitrogens is 2. The van der Waals surface area contributed by atoms with E-state index < -0.39 is 8.32 Å². The first-order chi connectivity index (χ1) is 10.6. The zero-order valence-corrected chi connectivity index (χ0v) is 13.6. The minimum atomic E-state index is -1.90. The quantitative estimate of drug-likeness (QED) is 0.244. The maximum atomic E-state index is 6.46. The highest BCUT2D eigenvalue weighted by Gasteiger charge is 2.42. The van der Waals surface area contributed by atoms with E-state index in [2.05, 4.69) is 64.7 Å². The summed E-state index contributed by atoms with van der Waals surface area (Å²) in [5.41, 5.74) is 4.08. The van der Waals surface area contributed by atoms with Gasteiger partial charge in [0.2, 0.25) is 0 Å². The van der Waals surface area contributed by atoms with Crippen molar-refractivity contribution in [2.75, 3.05) is 0 Å². The minimum Gasteiger partial charge on any atom is -0.509 e. The summed E-state index contributed by atoms with van der Waals surface area (Å²) in [6.45, 7) is 5.54. The van der Waals surface area contributed by atoms with Gasteiger partial charge in [-0.15, -0.1) is 0 Å². The molecule has 0 unspecified atom stereocenters. The second kappa shape index (κ2) is 3.20. The van der Waals surface area contributed by atoms with Crippen LogP contribution in [0.3, 0.4) is 0 Å². The molecule has 6 rings (SSSR count). The van der Waals surface area contributed by atoms with Gasteiger partial charge in [-0.25, -0.2) is 4.57 Å². The van der Waals surface area contributed by atoms with Crippen molar-refractivity contribution in [3.8, 4) is 5.88 Å². The molecule has 0 bridgehead atoms. The van der Waals surface area contributed by atoms with E-state index in [4.69, 9.17) is 4.43 Å². The molecule has 0 radical (unpaired) electrons. The van der Waals surface area contributed by atoms with Crippen LogP contribution in [0.25, 0.3) is 27.3 Å². The predicted octanol–water partition coefficient (Wildman–Crippen LogP) is 2.70. The Morgan fingerprint density at radius 3 is 2.82 bits per heavy atom. The normalized spacial score (nSPS) is 17.2. The lowest BCUT2D eigenvalue weighted by molar-refractivity contribution is -0.657. The second-order valence-electron chi connectivity index (χ2n) is 6.91. The van der Waals surface area contributed by atoms with E-state index in [9.17, 15) is 0 Å². The summed E-state index contributed by atoms with van der Waals surface area (Å²) < 4.78 is 11.2. The van der Waals surface area contributed by atoms with Crippen LogP contribution in [0.2, 0.25) is 13.1 Å². The van der Waals surface area contributed by atoms with E-state index in [0.29, 0.717) is 0 Å². The molecule has 0 saturated heterocycles. The van der Waals surface area contributed by atoms with Crippen LogP contribution in [0, 0.1) is 0 Å². The third-order valence-corrected chi connectivity index (χ3v) is 7.66. The van der Waals surface area contributed by atoms with Crippen molar-refractivity contribution in [3.63, 3.8) is 0 Å². The number of nitrogens with zero attached hydrogens (tertiary/aromatic N) is 2. The molecule has 0 saturated carbocycles. The highest BCUT2D eigenvalue weighted by Crippen LogP contribution is 2.38. The zero-order valence-electron chi connectivity index (χ0n) is 12.6. The molecule has 2 aromatic carbocycles. The minimum absolute atomic E-state index is 0.952. The van der Waals surface area contributed by atoms with Crippen LogP contribution < -0.4 is 14.2 Å². The van der Waals surface area contributed by atoms with Gasteiger partial charge >= 0.3 is 5.88 Å². The van der Waals surface area contributed by atoms with E-state index in [1.165, 1.54) is 38.1 Å². The SMILES string of the molecule is C[Si]1(C)Oc2c[n+]3c4c5c(cccc5c5cccc1c5n24)C3. The molecular formula is C18H15N2OSi+. The molecule has 22 heavy (non-hydrogen) atoms. The summed E-state index contributed by atoms with van der Waals surface area (Å²) in [6, 6.07) is 13.4. The highest BCUT2D eigenvalue weighted by molar-refractivity contribution is 6.87. The lowest BCUT2D eigenvalue weighted by Crippen LogP contribution is -2.50. The third-order valence-electron chi connectivity index (χ3n) is 5.24. The van der Waals surface area contributed by atoms with E-state index in [1.807, 2.05) is 0 Å². The van der Waals surface area contributed by atoms with Gasteiger partial charge in [0.15, 0.2) is 6.20 Å². The number of hydrogen-bond acceptors (Lipinski definition) is 1. The zero-order chi connectivity index (χ0) is 14.6. The van der Waals surface area contributed by atoms with Crippen molar-refractivity contribution in [3.05, 3.63) is 48.2 Å². The van der Waals surface area contributed by atoms with Crippen LogP contribution in [-0.2, 0) is 6.54 Å². The predicted molar refractivity (Wildman–Crippen MR) is 89.5 cm³/mol. The van der Waals surface area contributed by atoms with Crippen LogP contribution in [0.15, 0.2) is 42.6 Å². The standard InChI is InChI=1S/C18H15N2OSi/c1-22(2)14-8-4-7-13-12-6-3-5-11-9-19-10-15(21-22)20(17(13)14)18(19)16(11)12/h3-8,10H,9H2,1-2H3/q+1. The lowest BCUT2D eigenvalue weighted by Gasteiger charge is -2.27. The van der Waals surface area contributed by atoms with Crippen molar-refractivity contribution in [1.29, 1.82) is 0 Å². The van der Waals surface area contributed by atoms with Crippen LogP contribution in [0.5, 0.6) is 5.88 Å². The van der Waals surface area contributed by atoms with Gasteiger partial charge < -0.3 is 4.43 Å². The Balaban J connectivity index is 2.07. The molecule has 4 heterocycles. The molecule has 0 atom stereocenters. The number of hydrogen-bond donors (Lipinski definition) is 0. The van der Waals surface area contributed by atoms with Gasteiger partial charge in [0.05, 0.1) is 5.39 Å². The molecule has 2 aliphatic heterocycles. The van der Waals surface area contributed by atoms with Crippen LogP contribution in [0.4, 0.5) is 0 Å². The first kappa shape index (κ1) is 11.3. The number of rotatable bonds is 0. The number of para-hydroxylation sites is 1. The molecule has 2 aromatic heterocycles. The van der Waals surface area contributed by atoms with E-state index >= 15 is 0 Å². The van der Waals surface area contributed by atoms with Gasteiger partial charge in [0.1, 0.15) is 12.1 Å². The first-order valence-electron chi connectivity index (χ1n) is 7.76. The van der Waals surface area contributed by atoms with Gasteiger partial charge in [-0.05, 0) is 13.1 Å². The Labute approximate surface area is 128 Å². The van der Waals surface area contributed by atoms with Crippen molar-refractivity contribution in [2.24, 2.45) is 0 Å². The number of pyridine rings is 1. The van der Waals surface area contributed by atoms with Crippen LogP contribution >= 0.6 is 0 Å². The smallest absolute Gasteiger partial charge is 0.317 e. The molecule has 106 valence electrons. The van der Waals surface area contributed by atoms with Crippen molar-refractivity contribution in [2.45, 2.75) is 19.6 Å². The molecule has 4 heteroatoms. The molecule has 0 amide bonds. The maximum absolute atomic E-state index is 6.46. The van der Waals surface area contributed by atoms with Gasteiger partial charge in [0.25, 0.3) is 14.0 Å². The van der Waals surface area contributed by atoms with Gasteiger partial charge in [0, 0.05) is 21.5 Å². The fourth-order valence-corrected chi connectivity index (χ4v) is 6.45. The van der Waals surface area contributed by atoms with Gasteiger partial charge in [-0.1, -0.05) is 36.4 Å². The average Bonchev–Trinajstić information content (AvgIpc) is 3.01. The summed E-state index contributed by atoms with van der Waals surface area (Å²) in [5, 5.41) is 5.53. The van der Waals surface area contributed by atoms with Crippen LogP contribution in [-0.4, -0.2) is 12.7 Å². The summed E-state index contributed by atoms with van der Waals surface area (Å²) >= 11 is 0. The fraction of sp³-hybridized carbons (Fsp3) is 0.167. The summed E-state index contributed by atoms with van der Waals surface area (Å²) in [4.78, 5) is 0. The Hall–Kier alpha value is -2.33. The molecule has 3 nitrogen and oxygen atoms in total. The van der Waals surface area contributed by atoms with Gasteiger partial charge in [-0.3, -0.25) is 0 Å². The van der Waals surface area contributed by atoms with Gasteiger partial charge in [-0.2, -0.15) is 4.40 Å². The molecule has 0 N–H and O–H groups in total. The number of benzene rings is 2. The van der Waals surface area contributed by atoms with Crippen molar-refractivity contribution >= 4 is 40.8 Å². The van der Waals surface area contributed by atoms with E-state index in [0.717, 1.165) is 12.4 Å². The molecular weight excluding hydrogens is 288 g/mol. The number of fused-ring (bicyclic) bond motifs is 1. The first-order valence-corrected chi connectivity index (χ1v) is 10.7. The molecule has 4 aromatic rings. The summed E-state index contributed by atoms with van der Waals surface area (Å²) in [6.07, 6.45) is 2.19. The Morgan fingerprint density at radius 2 is 1.91 bits per heavy atom. The fourth-order valence-electron chi connectivity index (χ4n) is 4.36. The topological polar surface area (TPSA) is 17.5 Å². The maximum Gasteiger partial charge on any atom is 0.317 e. The lowest BCUT2D eigenvalue weighted by atomic mass is 10.0. The molecule has 0 spiro atoms. The third kappa shape index (κ3) is 1.04. The number of imidazole rings is 1. The molecule has 0 aliphatic carbocycles. The van der Waals surface area contributed by atoms with Crippen molar-refractivity contribution in [1.82, 2.24) is 4.40 Å².